The molecule has 0 spiro atoms. The molecule has 3 aromatic rings. The van der Waals surface area contributed by atoms with Gasteiger partial charge in [-0.1, -0.05) is 6.07 Å². The molecule has 0 fully saturated rings. The highest BCUT2D eigenvalue weighted by molar-refractivity contribution is 6.07. The fourth-order valence-electron chi connectivity index (χ4n) is 3.06. The zero-order valence-corrected chi connectivity index (χ0v) is 16.2. The quantitative estimate of drug-likeness (QED) is 0.432. The maximum atomic E-state index is 12.9. The van der Waals surface area contributed by atoms with E-state index in [-0.39, 0.29) is 36.2 Å². The van der Waals surface area contributed by atoms with Crippen LogP contribution in [0.4, 0.5) is 14.5 Å². The largest absolute Gasteiger partial charge is 0.490 e. The van der Waals surface area contributed by atoms with E-state index in [1.165, 1.54) is 35.4 Å². The molecule has 1 heterocycles. The maximum absolute atomic E-state index is 12.9. The molecule has 0 bridgehead atoms. The first-order valence-corrected chi connectivity index (χ1v) is 9.01. The normalized spacial score (nSPS) is 11.0. The number of nitrogens with zero attached hydrogens (tertiary/aromatic N) is 2. The lowest BCUT2D eigenvalue weighted by molar-refractivity contribution is -0.384. The van der Waals surface area contributed by atoms with Gasteiger partial charge in [-0.25, -0.2) is 0 Å². The molecule has 1 aromatic heterocycles. The van der Waals surface area contributed by atoms with Gasteiger partial charge in [-0.2, -0.15) is 8.78 Å². The molecule has 2 aromatic carbocycles. The second-order valence-electron chi connectivity index (χ2n) is 6.44. The lowest BCUT2D eigenvalue weighted by Gasteiger charge is -2.18. The third-order valence-electron chi connectivity index (χ3n) is 4.40. The highest BCUT2D eigenvalue weighted by Gasteiger charge is 2.19. The van der Waals surface area contributed by atoms with Gasteiger partial charge >= 0.3 is 6.61 Å². The number of alkyl halides is 2. The zero-order valence-electron chi connectivity index (χ0n) is 16.2. The minimum Gasteiger partial charge on any atom is -0.490 e. The van der Waals surface area contributed by atoms with Gasteiger partial charge in [0.1, 0.15) is 0 Å². The number of H-pyrrole nitrogens is 1. The molecule has 0 unspecified atom stereocenters. The van der Waals surface area contributed by atoms with E-state index < -0.39 is 11.5 Å². The highest BCUT2D eigenvalue weighted by atomic mass is 19.3. The minimum absolute atomic E-state index is 0.0893. The van der Waals surface area contributed by atoms with Crippen molar-refractivity contribution in [2.45, 2.75) is 20.1 Å². The van der Waals surface area contributed by atoms with E-state index in [0.717, 1.165) is 0 Å². The molecule has 0 aliphatic carbocycles. The Balaban J connectivity index is 1.83. The fourth-order valence-corrected chi connectivity index (χ4v) is 3.06. The Labute approximate surface area is 170 Å². The van der Waals surface area contributed by atoms with Gasteiger partial charge in [-0.15, -0.1) is 0 Å². The average molecular weight is 419 g/mol. The second kappa shape index (κ2) is 8.76. The van der Waals surface area contributed by atoms with Crippen LogP contribution in [0.5, 0.6) is 11.5 Å². The lowest BCUT2D eigenvalue weighted by atomic mass is 10.1. The van der Waals surface area contributed by atoms with Crippen LogP contribution < -0.4 is 9.47 Å². The first-order valence-electron chi connectivity index (χ1n) is 9.01. The molecule has 1 amide bonds. The number of carbonyl (C=O) groups is 1. The number of halogens is 2. The van der Waals surface area contributed by atoms with Gasteiger partial charge in [-0.05, 0) is 30.7 Å². The van der Waals surface area contributed by atoms with Crippen LogP contribution in [0.15, 0.2) is 42.6 Å². The number of rotatable bonds is 8. The van der Waals surface area contributed by atoms with E-state index in [0.29, 0.717) is 22.0 Å². The zero-order chi connectivity index (χ0) is 21.8. The van der Waals surface area contributed by atoms with E-state index in [9.17, 15) is 23.7 Å². The van der Waals surface area contributed by atoms with Crippen molar-refractivity contribution in [2.24, 2.45) is 0 Å². The highest BCUT2D eigenvalue weighted by Crippen LogP contribution is 2.31. The van der Waals surface area contributed by atoms with Crippen molar-refractivity contribution < 1.29 is 28.0 Å². The number of aromatic amines is 1. The van der Waals surface area contributed by atoms with Crippen LogP contribution in [0.25, 0.3) is 10.9 Å². The number of carbonyl (C=O) groups excluding carboxylic acids is 1. The van der Waals surface area contributed by atoms with E-state index in [4.69, 9.17) is 4.74 Å². The molecule has 0 aliphatic rings. The second-order valence-corrected chi connectivity index (χ2v) is 6.44. The molecule has 3 rings (SSSR count). The van der Waals surface area contributed by atoms with Crippen molar-refractivity contribution in [3.05, 3.63) is 63.8 Å². The van der Waals surface area contributed by atoms with Crippen molar-refractivity contribution >= 4 is 22.5 Å². The van der Waals surface area contributed by atoms with Crippen LogP contribution >= 0.6 is 0 Å². The summed E-state index contributed by atoms with van der Waals surface area (Å²) < 4.78 is 34.9. The number of nitro groups is 1. The van der Waals surface area contributed by atoms with E-state index >= 15 is 0 Å². The van der Waals surface area contributed by atoms with Gasteiger partial charge in [0, 0.05) is 42.8 Å². The van der Waals surface area contributed by atoms with E-state index in [2.05, 4.69) is 9.72 Å². The summed E-state index contributed by atoms with van der Waals surface area (Å²) in [7, 11) is 1.57. The summed E-state index contributed by atoms with van der Waals surface area (Å²) in [5.41, 5.74) is 1.42. The van der Waals surface area contributed by atoms with Crippen LogP contribution in [0.1, 0.15) is 22.8 Å². The summed E-state index contributed by atoms with van der Waals surface area (Å²) in [4.78, 5) is 27.8. The van der Waals surface area contributed by atoms with Gasteiger partial charge in [0.15, 0.2) is 11.5 Å². The van der Waals surface area contributed by atoms with Crippen LogP contribution in [-0.4, -0.2) is 41.0 Å². The summed E-state index contributed by atoms with van der Waals surface area (Å²) >= 11 is 0. The van der Waals surface area contributed by atoms with Gasteiger partial charge in [-0.3, -0.25) is 14.9 Å². The number of hydrogen-bond donors (Lipinski definition) is 1. The van der Waals surface area contributed by atoms with Crippen molar-refractivity contribution in [2.75, 3.05) is 13.7 Å². The van der Waals surface area contributed by atoms with Gasteiger partial charge in [0.05, 0.1) is 17.1 Å². The minimum atomic E-state index is -2.98. The maximum Gasteiger partial charge on any atom is 0.387 e. The Kier molecular flexibility index (Phi) is 6.14. The Hall–Kier alpha value is -3.69. The third kappa shape index (κ3) is 4.48. The molecule has 0 radical (unpaired) electrons. The third-order valence-corrected chi connectivity index (χ3v) is 4.40. The number of ether oxygens (including phenoxy) is 2. The number of nitro benzene ring substituents is 1. The summed E-state index contributed by atoms with van der Waals surface area (Å²) in [6.07, 6.45) is 1.50. The van der Waals surface area contributed by atoms with Crippen molar-refractivity contribution in [3.8, 4) is 11.5 Å². The molecule has 30 heavy (non-hydrogen) atoms. The summed E-state index contributed by atoms with van der Waals surface area (Å²) in [5.74, 6) is -0.292. The monoisotopic (exact) mass is 419 g/mol. The number of aromatic nitrogens is 1. The van der Waals surface area contributed by atoms with Crippen LogP contribution in [0, 0.1) is 10.1 Å². The van der Waals surface area contributed by atoms with Gasteiger partial charge in [0.2, 0.25) is 0 Å². The van der Waals surface area contributed by atoms with E-state index in [1.54, 1.807) is 26.1 Å². The Morgan fingerprint density at radius 3 is 2.67 bits per heavy atom. The molecule has 158 valence electrons. The predicted octanol–water partition coefficient (Wildman–Crippen LogP) is 4.35. The standard InChI is InChI=1S/C20H19F2N3O5/c1-3-29-18-8-12(4-7-17(18)30-20(21)22)11-24(2)19(26)15-10-23-16-6-5-13(25(27)28)9-14(15)16/h4-10,20,23H,3,11H2,1-2H3. The molecule has 0 aliphatic heterocycles. The molecule has 1 N–H and O–H groups in total. The van der Waals surface area contributed by atoms with Crippen molar-refractivity contribution in [1.29, 1.82) is 0 Å². The summed E-state index contributed by atoms with van der Waals surface area (Å²) in [6.45, 7) is -0.850. The van der Waals surface area contributed by atoms with Crippen LogP contribution in [-0.2, 0) is 6.54 Å². The predicted molar refractivity (Wildman–Crippen MR) is 105 cm³/mol. The van der Waals surface area contributed by atoms with E-state index in [1.807, 2.05) is 0 Å². The molecule has 10 heteroatoms. The van der Waals surface area contributed by atoms with Crippen molar-refractivity contribution in [3.63, 3.8) is 0 Å². The first kappa shape index (κ1) is 21.0. The number of amides is 1. The number of benzene rings is 2. The molecule has 0 atom stereocenters. The SMILES string of the molecule is CCOc1cc(CN(C)C(=O)c2c[nH]c3ccc([N+](=O)[O-])cc23)ccc1OC(F)F. The summed E-state index contributed by atoms with van der Waals surface area (Å²) in [6, 6.07) is 8.70. The molecule has 8 nitrogen and oxygen atoms in total. The first-order chi connectivity index (χ1) is 14.3. The van der Waals surface area contributed by atoms with Crippen LogP contribution in [0.3, 0.4) is 0 Å². The average Bonchev–Trinajstić information content (AvgIpc) is 3.12. The van der Waals surface area contributed by atoms with Gasteiger partial charge < -0.3 is 19.4 Å². The van der Waals surface area contributed by atoms with Gasteiger partial charge in [0.25, 0.3) is 11.6 Å². The van der Waals surface area contributed by atoms with Crippen LogP contribution in [0.2, 0.25) is 0 Å². The fraction of sp³-hybridized carbons (Fsp3) is 0.250. The number of hydrogen-bond acceptors (Lipinski definition) is 5. The Bertz CT molecular complexity index is 1080. The Morgan fingerprint density at radius 2 is 2.00 bits per heavy atom. The molecule has 0 saturated heterocycles. The number of non-ortho nitro benzene ring substituents is 1. The summed E-state index contributed by atoms with van der Waals surface area (Å²) in [5, 5.41) is 11.5. The smallest absolute Gasteiger partial charge is 0.387 e. The molecular weight excluding hydrogens is 400 g/mol. The Morgan fingerprint density at radius 1 is 1.23 bits per heavy atom. The number of fused-ring (bicyclic) bond motifs is 1. The lowest BCUT2D eigenvalue weighted by Crippen LogP contribution is -2.26. The molecular formula is C20H19F2N3O5. The van der Waals surface area contributed by atoms with Crippen molar-refractivity contribution in [1.82, 2.24) is 9.88 Å². The topological polar surface area (TPSA) is 97.7 Å². The molecule has 0 saturated carbocycles. The number of nitrogens with one attached hydrogen (secondary N) is 1.